The lowest BCUT2D eigenvalue weighted by Gasteiger charge is -2.20. The highest BCUT2D eigenvalue weighted by molar-refractivity contribution is 6.84. The highest BCUT2D eigenvalue weighted by atomic mass is 28.4. The van der Waals surface area contributed by atoms with Crippen molar-refractivity contribution in [3.8, 4) is 0 Å². The smallest absolute Gasteiger partial charge is 0.217 e. The molecule has 0 saturated carbocycles. The topological polar surface area (TPSA) is 9.23 Å². The van der Waals surface area contributed by atoms with E-state index in [1.165, 1.54) is 5.19 Å². The summed E-state index contributed by atoms with van der Waals surface area (Å²) < 4.78 is 5.53. The van der Waals surface area contributed by atoms with E-state index >= 15 is 0 Å². The minimum absolute atomic E-state index is 1.16. The van der Waals surface area contributed by atoms with Gasteiger partial charge in [-0.25, -0.2) is 0 Å². The monoisotopic (exact) mass is 192 g/mol. The van der Waals surface area contributed by atoms with E-state index in [1.54, 1.807) is 7.11 Å². The van der Waals surface area contributed by atoms with Gasteiger partial charge >= 0.3 is 0 Å². The van der Waals surface area contributed by atoms with Gasteiger partial charge in [0.1, 0.15) is 0 Å². The SMILES string of the molecule is C=Cc1cccc([Si](C)(C)OC)c1. The van der Waals surface area contributed by atoms with Crippen molar-refractivity contribution in [3.63, 3.8) is 0 Å². The van der Waals surface area contributed by atoms with Crippen LogP contribution in [0.25, 0.3) is 6.08 Å². The molecule has 0 N–H and O–H groups in total. The summed E-state index contributed by atoms with van der Waals surface area (Å²) in [5.41, 5.74) is 1.16. The summed E-state index contributed by atoms with van der Waals surface area (Å²) in [5.74, 6) is 0. The van der Waals surface area contributed by atoms with Gasteiger partial charge in [-0.1, -0.05) is 36.9 Å². The van der Waals surface area contributed by atoms with Gasteiger partial charge in [-0.15, -0.1) is 0 Å². The molecule has 13 heavy (non-hydrogen) atoms. The summed E-state index contributed by atoms with van der Waals surface area (Å²) in [6.07, 6.45) is 1.86. The van der Waals surface area contributed by atoms with Crippen molar-refractivity contribution in [2.45, 2.75) is 13.1 Å². The van der Waals surface area contributed by atoms with Crippen molar-refractivity contribution in [1.82, 2.24) is 0 Å². The van der Waals surface area contributed by atoms with Gasteiger partial charge in [0.25, 0.3) is 0 Å². The zero-order valence-electron chi connectivity index (χ0n) is 8.50. The number of rotatable bonds is 3. The molecule has 0 fully saturated rings. The fraction of sp³-hybridized carbons (Fsp3) is 0.273. The van der Waals surface area contributed by atoms with Gasteiger partial charge in [0, 0.05) is 7.11 Å². The Balaban J connectivity index is 3.08. The van der Waals surface area contributed by atoms with Gasteiger partial charge in [-0.3, -0.25) is 0 Å². The molecule has 1 aromatic carbocycles. The fourth-order valence-corrected chi connectivity index (χ4v) is 2.41. The Morgan fingerprint density at radius 2 is 2.08 bits per heavy atom. The van der Waals surface area contributed by atoms with E-state index in [9.17, 15) is 0 Å². The van der Waals surface area contributed by atoms with Crippen molar-refractivity contribution in [2.75, 3.05) is 7.11 Å². The zero-order chi connectivity index (χ0) is 9.90. The van der Waals surface area contributed by atoms with Crippen LogP contribution < -0.4 is 5.19 Å². The first-order chi connectivity index (χ1) is 6.10. The predicted octanol–water partition coefficient (Wildman–Crippen LogP) is 2.39. The largest absolute Gasteiger partial charge is 0.416 e. The van der Waals surface area contributed by atoms with Crippen LogP contribution >= 0.6 is 0 Å². The average Bonchev–Trinajstić information content (AvgIpc) is 2.18. The highest BCUT2D eigenvalue weighted by Crippen LogP contribution is 2.06. The summed E-state index contributed by atoms with van der Waals surface area (Å²) in [6.45, 7) is 8.13. The maximum Gasteiger partial charge on any atom is 0.217 e. The average molecular weight is 192 g/mol. The van der Waals surface area contributed by atoms with Crippen molar-refractivity contribution in [1.29, 1.82) is 0 Å². The molecule has 0 aliphatic carbocycles. The lowest BCUT2D eigenvalue weighted by molar-refractivity contribution is 0.416. The second-order valence-electron chi connectivity index (χ2n) is 3.54. The summed E-state index contributed by atoms with van der Waals surface area (Å²) in [5, 5.41) is 1.31. The lowest BCUT2D eigenvalue weighted by atomic mass is 10.2. The van der Waals surface area contributed by atoms with Crippen molar-refractivity contribution < 1.29 is 4.43 Å². The molecule has 0 heterocycles. The third-order valence-corrected chi connectivity index (χ3v) is 5.05. The van der Waals surface area contributed by atoms with Crippen molar-refractivity contribution >= 4 is 19.6 Å². The Hall–Kier alpha value is -0.863. The molecule has 0 saturated heterocycles. The van der Waals surface area contributed by atoms with Crippen LogP contribution in [0, 0.1) is 0 Å². The van der Waals surface area contributed by atoms with Crippen molar-refractivity contribution in [3.05, 3.63) is 36.4 Å². The normalized spacial score (nSPS) is 11.3. The summed E-state index contributed by atoms with van der Waals surface area (Å²) in [6, 6.07) is 8.39. The summed E-state index contributed by atoms with van der Waals surface area (Å²) >= 11 is 0. The molecule has 0 aromatic heterocycles. The molecule has 2 heteroatoms. The van der Waals surface area contributed by atoms with Crippen LogP contribution in [0.4, 0.5) is 0 Å². The van der Waals surface area contributed by atoms with Crippen LogP contribution in [-0.2, 0) is 4.43 Å². The minimum Gasteiger partial charge on any atom is -0.416 e. The Morgan fingerprint density at radius 1 is 1.38 bits per heavy atom. The predicted molar refractivity (Wildman–Crippen MR) is 60.7 cm³/mol. The molecule has 0 aliphatic rings. The molecule has 70 valence electrons. The molecule has 1 rings (SSSR count). The van der Waals surface area contributed by atoms with Gasteiger partial charge in [-0.2, -0.15) is 0 Å². The number of hydrogen-bond donors (Lipinski definition) is 0. The molecule has 1 nitrogen and oxygen atoms in total. The van der Waals surface area contributed by atoms with Crippen LogP contribution in [0.2, 0.25) is 13.1 Å². The van der Waals surface area contributed by atoms with E-state index in [2.05, 4.69) is 43.9 Å². The maximum atomic E-state index is 5.53. The first-order valence-electron chi connectivity index (χ1n) is 4.38. The van der Waals surface area contributed by atoms with Gasteiger partial charge in [-0.05, 0) is 23.8 Å². The minimum atomic E-state index is -1.65. The van der Waals surface area contributed by atoms with Gasteiger partial charge in [0.2, 0.25) is 8.32 Å². The highest BCUT2D eigenvalue weighted by Gasteiger charge is 2.23. The molecule has 0 amide bonds. The molecule has 0 atom stereocenters. The Bertz CT molecular complexity index is 305. The standard InChI is InChI=1S/C11H16OSi/c1-5-10-7-6-8-11(9-10)13(3,4)12-2/h5-9H,1H2,2-4H3. The molecular formula is C11H16OSi. The zero-order valence-corrected chi connectivity index (χ0v) is 9.50. The van der Waals surface area contributed by atoms with Gasteiger partial charge in [0.15, 0.2) is 0 Å². The van der Waals surface area contributed by atoms with E-state index in [-0.39, 0.29) is 0 Å². The molecule has 0 radical (unpaired) electrons. The molecule has 0 bridgehead atoms. The second kappa shape index (κ2) is 3.90. The van der Waals surface area contributed by atoms with E-state index in [0.29, 0.717) is 0 Å². The Kier molecular flexibility index (Phi) is 3.06. The lowest BCUT2D eigenvalue weighted by Crippen LogP contribution is -2.43. The molecule has 0 unspecified atom stereocenters. The fourth-order valence-electron chi connectivity index (χ4n) is 1.16. The third kappa shape index (κ3) is 2.29. The first kappa shape index (κ1) is 10.2. The number of hydrogen-bond acceptors (Lipinski definition) is 1. The van der Waals surface area contributed by atoms with Crippen LogP contribution in [0.15, 0.2) is 30.8 Å². The molecule has 1 aromatic rings. The van der Waals surface area contributed by atoms with Crippen molar-refractivity contribution in [2.24, 2.45) is 0 Å². The van der Waals surface area contributed by atoms with Gasteiger partial charge < -0.3 is 4.43 Å². The van der Waals surface area contributed by atoms with E-state index < -0.39 is 8.32 Å². The number of benzene rings is 1. The third-order valence-electron chi connectivity index (χ3n) is 2.33. The van der Waals surface area contributed by atoms with Crippen LogP contribution in [-0.4, -0.2) is 15.4 Å². The first-order valence-corrected chi connectivity index (χ1v) is 7.29. The quantitative estimate of drug-likeness (QED) is 0.668. The van der Waals surface area contributed by atoms with Crippen LogP contribution in [0.3, 0.4) is 0 Å². The summed E-state index contributed by atoms with van der Waals surface area (Å²) in [7, 11) is 0.136. The molecule has 0 aliphatic heterocycles. The molecular weight excluding hydrogens is 176 g/mol. The maximum absolute atomic E-state index is 5.53. The van der Waals surface area contributed by atoms with Crippen LogP contribution in [0.5, 0.6) is 0 Å². The van der Waals surface area contributed by atoms with Gasteiger partial charge in [0.05, 0.1) is 0 Å². The van der Waals surface area contributed by atoms with E-state index in [0.717, 1.165) is 5.56 Å². The Morgan fingerprint density at radius 3 is 2.62 bits per heavy atom. The second-order valence-corrected chi connectivity index (χ2v) is 7.55. The summed E-state index contributed by atoms with van der Waals surface area (Å²) in [4.78, 5) is 0. The van der Waals surface area contributed by atoms with E-state index in [4.69, 9.17) is 4.43 Å². The molecule has 0 spiro atoms. The van der Waals surface area contributed by atoms with E-state index in [1.807, 2.05) is 6.08 Å². The Labute approximate surface area is 81.2 Å². The van der Waals surface area contributed by atoms with Crippen LogP contribution in [0.1, 0.15) is 5.56 Å².